The highest BCUT2D eigenvalue weighted by atomic mass is 19.4. The van der Waals surface area contributed by atoms with Gasteiger partial charge in [-0.3, -0.25) is 0 Å². The van der Waals surface area contributed by atoms with Gasteiger partial charge in [0, 0.05) is 6.42 Å². The molecule has 20 heavy (non-hydrogen) atoms. The molecule has 0 aliphatic heterocycles. The molecule has 0 fully saturated rings. The van der Waals surface area contributed by atoms with Crippen LogP contribution in [0.3, 0.4) is 0 Å². The molecule has 0 unspecified atom stereocenters. The van der Waals surface area contributed by atoms with Gasteiger partial charge in [-0.25, -0.2) is 4.79 Å². The summed E-state index contributed by atoms with van der Waals surface area (Å²) in [6.07, 6.45) is -5.31. The van der Waals surface area contributed by atoms with Crippen LogP contribution in [0.15, 0.2) is 18.2 Å². The van der Waals surface area contributed by atoms with Gasteiger partial charge in [0.25, 0.3) is 0 Å². The number of nitrogen functional groups attached to an aromatic ring is 1. The van der Waals surface area contributed by atoms with Crippen LogP contribution in [0, 0.1) is 0 Å². The zero-order chi connectivity index (χ0) is 15.2. The summed E-state index contributed by atoms with van der Waals surface area (Å²) in [5, 5.41) is 0. The van der Waals surface area contributed by atoms with Gasteiger partial charge in [-0.1, -0.05) is 0 Å². The van der Waals surface area contributed by atoms with E-state index in [1.54, 1.807) is 6.92 Å². The molecule has 4 nitrogen and oxygen atoms in total. The number of hydrogen-bond acceptors (Lipinski definition) is 4. The van der Waals surface area contributed by atoms with Crippen molar-refractivity contribution in [2.75, 3.05) is 18.9 Å². The molecule has 0 aromatic heterocycles. The van der Waals surface area contributed by atoms with E-state index in [-0.39, 0.29) is 36.6 Å². The Morgan fingerprint density at radius 3 is 2.65 bits per heavy atom. The fourth-order valence-corrected chi connectivity index (χ4v) is 1.46. The van der Waals surface area contributed by atoms with Gasteiger partial charge >= 0.3 is 12.1 Å². The summed E-state index contributed by atoms with van der Waals surface area (Å²) in [7, 11) is 0. The number of carbonyl (C=O) groups is 1. The smallest absolute Gasteiger partial charge is 0.389 e. The van der Waals surface area contributed by atoms with E-state index in [0.29, 0.717) is 0 Å². The monoisotopic (exact) mass is 291 g/mol. The number of esters is 1. The van der Waals surface area contributed by atoms with Crippen LogP contribution in [0.5, 0.6) is 5.75 Å². The highest BCUT2D eigenvalue weighted by molar-refractivity contribution is 5.90. The summed E-state index contributed by atoms with van der Waals surface area (Å²) in [5.74, 6) is -0.356. The number of halogens is 3. The first-order chi connectivity index (χ1) is 9.33. The van der Waals surface area contributed by atoms with Crippen LogP contribution in [0.4, 0.5) is 18.9 Å². The lowest BCUT2D eigenvalue weighted by atomic mass is 10.2. The van der Waals surface area contributed by atoms with Crippen molar-refractivity contribution in [1.82, 2.24) is 0 Å². The van der Waals surface area contributed by atoms with E-state index in [1.807, 2.05) is 0 Å². The Morgan fingerprint density at radius 1 is 1.35 bits per heavy atom. The van der Waals surface area contributed by atoms with Crippen molar-refractivity contribution in [3.05, 3.63) is 23.8 Å². The fraction of sp³-hybridized carbons (Fsp3) is 0.462. The number of ether oxygens (including phenoxy) is 2. The van der Waals surface area contributed by atoms with Crippen LogP contribution >= 0.6 is 0 Å². The highest BCUT2D eigenvalue weighted by Crippen LogP contribution is 2.25. The molecular weight excluding hydrogens is 275 g/mol. The molecule has 1 aromatic rings. The molecule has 0 aliphatic rings. The maximum absolute atomic E-state index is 12.0. The van der Waals surface area contributed by atoms with Crippen molar-refractivity contribution in [2.45, 2.75) is 25.9 Å². The van der Waals surface area contributed by atoms with E-state index in [2.05, 4.69) is 0 Å². The summed E-state index contributed by atoms with van der Waals surface area (Å²) < 4.78 is 45.9. The molecule has 2 N–H and O–H groups in total. The first-order valence-corrected chi connectivity index (χ1v) is 6.09. The van der Waals surface area contributed by atoms with Crippen LogP contribution in [-0.2, 0) is 4.74 Å². The molecule has 0 spiro atoms. The Morgan fingerprint density at radius 2 is 2.05 bits per heavy atom. The van der Waals surface area contributed by atoms with E-state index in [4.69, 9.17) is 15.2 Å². The number of anilines is 1. The average Bonchev–Trinajstić information content (AvgIpc) is 2.35. The lowest BCUT2D eigenvalue weighted by Crippen LogP contribution is -2.10. The minimum absolute atomic E-state index is 0.129. The molecule has 0 radical (unpaired) electrons. The largest absolute Gasteiger partial charge is 0.491 e. The summed E-state index contributed by atoms with van der Waals surface area (Å²) in [6.45, 7) is 1.77. The molecule has 0 aliphatic carbocycles. The second-order valence-corrected chi connectivity index (χ2v) is 4.04. The topological polar surface area (TPSA) is 61.5 Å². The molecule has 0 bridgehead atoms. The number of alkyl halides is 3. The molecule has 0 amide bonds. The zero-order valence-electron chi connectivity index (χ0n) is 11.0. The van der Waals surface area contributed by atoms with Crippen molar-refractivity contribution in [2.24, 2.45) is 0 Å². The lowest BCUT2D eigenvalue weighted by Gasteiger charge is -2.11. The Labute approximate surface area is 114 Å². The first-order valence-electron chi connectivity index (χ1n) is 6.09. The van der Waals surface area contributed by atoms with Crippen LogP contribution in [-0.4, -0.2) is 25.4 Å². The first kappa shape index (κ1) is 16.1. The second kappa shape index (κ2) is 7.02. The molecule has 0 saturated carbocycles. The number of rotatable bonds is 6. The quantitative estimate of drug-likeness (QED) is 0.497. The van der Waals surface area contributed by atoms with Gasteiger partial charge < -0.3 is 15.2 Å². The van der Waals surface area contributed by atoms with E-state index in [9.17, 15) is 18.0 Å². The van der Waals surface area contributed by atoms with Crippen molar-refractivity contribution in [3.63, 3.8) is 0 Å². The van der Waals surface area contributed by atoms with Crippen molar-refractivity contribution in [3.8, 4) is 5.75 Å². The molecular formula is C13H16F3NO3. The van der Waals surface area contributed by atoms with Gasteiger partial charge in [-0.05, 0) is 31.5 Å². The van der Waals surface area contributed by atoms with E-state index < -0.39 is 18.6 Å². The maximum Gasteiger partial charge on any atom is 0.389 e. The molecule has 7 heteroatoms. The number of benzene rings is 1. The average molecular weight is 291 g/mol. The Bertz CT molecular complexity index is 461. The van der Waals surface area contributed by atoms with E-state index in [0.717, 1.165) is 0 Å². The number of carbonyl (C=O) groups excluding carboxylic acids is 1. The van der Waals surface area contributed by atoms with Crippen LogP contribution in [0.1, 0.15) is 30.1 Å². The van der Waals surface area contributed by atoms with Crippen LogP contribution in [0.25, 0.3) is 0 Å². The lowest BCUT2D eigenvalue weighted by molar-refractivity contribution is -0.136. The van der Waals surface area contributed by atoms with Crippen molar-refractivity contribution < 1.29 is 27.4 Å². The summed E-state index contributed by atoms with van der Waals surface area (Å²) in [6, 6.07) is 4.28. The van der Waals surface area contributed by atoms with Gasteiger partial charge in [0.05, 0.1) is 24.5 Å². The van der Waals surface area contributed by atoms with Gasteiger partial charge in [0.2, 0.25) is 0 Å². The van der Waals surface area contributed by atoms with Crippen molar-refractivity contribution in [1.29, 1.82) is 0 Å². The zero-order valence-corrected chi connectivity index (χ0v) is 11.0. The Balaban J connectivity index is 2.61. The van der Waals surface area contributed by atoms with Gasteiger partial charge in [-0.2, -0.15) is 13.2 Å². The predicted molar refractivity (Wildman–Crippen MR) is 67.6 cm³/mol. The van der Waals surface area contributed by atoms with E-state index >= 15 is 0 Å². The molecule has 0 heterocycles. The third kappa shape index (κ3) is 5.38. The minimum atomic E-state index is -4.21. The Hall–Kier alpha value is -1.92. The van der Waals surface area contributed by atoms with Crippen LogP contribution < -0.4 is 10.5 Å². The van der Waals surface area contributed by atoms with Crippen LogP contribution in [0.2, 0.25) is 0 Å². The summed E-state index contributed by atoms with van der Waals surface area (Å²) >= 11 is 0. The number of nitrogens with two attached hydrogens (primary N) is 1. The standard InChI is InChI=1S/C13H16F3NO3/c1-2-19-12(18)9-4-5-10(17)11(8-9)20-7-3-6-13(14,15)16/h4-5,8H,2-3,6-7,17H2,1H3. The molecule has 112 valence electrons. The second-order valence-electron chi connectivity index (χ2n) is 4.04. The third-order valence-corrected chi connectivity index (χ3v) is 2.39. The highest BCUT2D eigenvalue weighted by Gasteiger charge is 2.26. The summed E-state index contributed by atoms with van der Waals surface area (Å²) in [5.41, 5.74) is 6.13. The molecule has 1 aromatic carbocycles. The maximum atomic E-state index is 12.0. The van der Waals surface area contributed by atoms with Crippen molar-refractivity contribution >= 4 is 11.7 Å². The van der Waals surface area contributed by atoms with Gasteiger partial charge in [-0.15, -0.1) is 0 Å². The normalized spacial score (nSPS) is 11.2. The fourth-order valence-electron chi connectivity index (χ4n) is 1.46. The molecule has 0 atom stereocenters. The molecule has 0 saturated heterocycles. The third-order valence-electron chi connectivity index (χ3n) is 2.39. The van der Waals surface area contributed by atoms with E-state index in [1.165, 1.54) is 18.2 Å². The summed E-state index contributed by atoms with van der Waals surface area (Å²) in [4.78, 5) is 11.5. The SMILES string of the molecule is CCOC(=O)c1ccc(N)c(OCCCC(F)(F)F)c1. The predicted octanol–water partition coefficient (Wildman–Crippen LogP) is 3.17. The number of hydrogen-bond donors (Lipinski definition) is 1. The minimum Gasteiger partial charge on any atom is -0.491 e. The van der Waals surface area contributed by atoms with Gasteiger partial charge in [0.15, 0.2) is 0 Å². The van der Waals surface area contributed by atoms with Gasteiger partial charge in [0.1, 0.15) is 5.75 Å². The molecule has 1 rings (SSSR count). The Kier molecular flexibility index (Phi) is 5.66.